The highest BCUT2D eigenvalue weighted by Crippen LogP contribution is 2.35. The summed E-state index contributed by atoms with van der Waals surface area (Å²) in [6.45, 7) is 5.69. The van der Waals surface area contributed by atoms with Crippen LogP contribution in [0.3, 0.4) is 0 Å². The Morgan fingerprint density at radius 1 is 1.44 bits per heavy atom. The van der Waals surface area contributed by atoms with Crippen molar-refractivity contribution in [3.8, 4) is 0 Å². The summed E-state index contributed by atoms with van der Waals surface area (Å²) in [5.74, 6) is 1.41. The standard InChI is InChI=1S/C19H25N3O2S/c1-14(2)8-9-21(3)13-19(23)22-16(18-7-5-11-25-18)12-15(20-22)17-6-4-10-24-17/h4-7,10-11,14,16H,8-9,12-13H2,1-3H3. The van der Waals surface area contributed by atoms with Gasteiger partial charge in [0.1, 0.15) is 11.5 Å². The molecular formula is C19H25N3O2S. The van der Waals surface area contributed by atoms with E-state index in [1.807, 2.05) is 30.6 Å². The van der Waals surface area contributed by atoms with Crippen molar-refractivity contribution < 1.29 is 9.21 Å². The number of likely N-dealkylation sites (N-methyl/N-ethyl adjacent to an activating group) is 1. The Morgan fingerprint density at radius 2 is 2.28 bits per heavy atom. The van der Waals surface area contributed by atoms with E-state index in [9.17, 15) is 4.79 Å². The molecule has 0 radical (unpaired) electrons. The van der Waals surface area contributed by atoms with Crippen LogP contribution in [0.5, 0.6) is 0 Å². The van der Waals surface area contributed by atoms with Crippen molar-refractivity contribution in [2.45, 2.75) is 32.7 Å². The van der Waals surface area contributed by atoms with Gasteiger partial charge in [-0.1, -0.05) is 19.9 Å². The van der Waals surface area contributed by atoms with Crippen LogP contribution < -0.4 is 0 Å². The van der Waals surface area contributed by atoms with Crippen LogP contribution in [0, 0.1) is 5.92 Å². The molecule has 3 heterocycles. The lowest BCUT2D eigenvalue weighted by Crippen LogP contribution is -2.36. The van der Waals surface area contributed by atoms with Gasteiger partial charge in [0.25, 0.3) is 5.91 Å². The maximum Gasteiger partial charge on any atom is 0.257 e. The maximum atomic E-state index is 12.9. The Morgan fingerprint density at radius 3 is 2.92 bits per heavy atom. The Balaban J connectivity index is 1.73. The first-order valence-electron chi connectivity index (χ1n) is 8.70. The largest absolute Gasteiger partial charge is 0.463 e. The molecule has 6 heteroatoms. The average molecular weight is 359 g/mol. The molecule has 0 aromatic carbocycles. The molecular weight excluding hydrogens is 334 g/mol. The van der Waals surface area contributed by atoms with Gasteiger partial charge >= 0.3 is 0 Å². The van der Waals surface area contributed by atoms with Crippen LogP contribution in [0.25, 0.3) is 0 Å². The number of amides is 1. The number of carbonyl (C=O) groups excluding carboxylic acids is 1. The molecule has 1 amide bonds. The molecule has 1 aliphatic rings. The van der Waals surface area contributed by atoms with Crippen molar-refractivity contribution in [2.75, 3.05) is 20.1 Å². The molecule has 0 saturated heterocycles. The topological polar surface area (TPSA) is 49.1 Å². The first-order chi connectivity index (χ1) is 12.0. The second kappa shape index (κ2) is 7.97. The minimum absolute atomic E-state index is 0.0335. The molecule has 0 spiro atoms. The Bertz CT molecular complexity index is 707. The summed E-state index contributed by atoms with van der Waals surface area (Å²) >= 11 is 1.66. The second-order valence-corrected chi connectivity index (χ2v) is 7.90. The fraction of sp³-hybridized carbons (Fsp3) is 0.474. The summed E-state index contributed by atoms with van der Waals surface area (Å²) in [7, 11) is 1.99. The number of rotatable bonds is 7. The molecule has 2 aromatic rings. The van der Waals surface area contributed by atoms with Crippen molar-refractivity contribution >= 4 is 23.0 Å². The van der Waals surface area contributed by atoms with Crippen LogP contribution in [0.2, 0.25) is 0 Å². The third kappa shape index (κ3) is 4.38. The summed E-state index contributed by atoms with van der Waals surface area (Å²) in [6.07, 6.45) is 3.41. The summed E-state index contributed by atoms with van der Waals surface area (Å²) < 4.78 is 5.48. The molecule has 0 saturated carbocycles. The van der Waals surface area contributed by atoms with Crippen LogP contribution in [0.4, 0.5) is 0 Å². The zero-order valence-electron chi connectivity index (χ0n) is 15.0. The highest BCUT2D eigenvalue weighted by molar-refractivity contribution is 7.10. The molecule has 0 aliphatic carbocycles. The van der Waals surface area contributed by atoms with Crippen LogP contribution in [-0.4, -0.2) is 41.7 Å². The highest BCUT2D eigenvalue weighted by atomic mass is 32.1. The molecule has 134 valence electrons. The van der Waals surface area contributed by atoms with Crippen molar-refractivity contribution in [1.82, 2.24) is 9.91 Å². The van der Waals surface area contributed by atoms with E-state index < -0.39 is 0 Å². The Hall–Kier alpha value is -1.92. The minimum atomic E-state index is -0.0360. The molecule has 1 unspecified atom stereocenters. The Kier molecular flexibility index (Phi) is 5.71. The minimum Gasteiger partial charge on any atom is -0.463 e. The van der Waals surface area contributed by atoms with E-state index in [1.54, 1.807) is 22.6 Å². The molecule has 5 nitrogen and oxygen atoms in total. The van der Waals surface area contributed by atoms with Crippen LogP contribution in [0.1, 0.15) is 43.4 Å². The lowest BCUT2D eigenvalue weighted by Gasteiger charge is -2.24. The van der Waals surface area contributed by atoms with E-state index in [4.69, 9.17) is 4.42 Å². The van der Waals surface area contributed by atoms with Crippen LogP contribution >= 0.6 is 11.3 Å². The monoisotopic (exact) mass is 359 g/mol. The molecule has 0 N–H and O–H groups in total. The third-order valence-electron chi connectivity index (χ3n) is 4.34. The molecule has 25 heavy (non-hydrogen) atoms. The second-order valence-electron chi connectivity index (χ2n) is 6.92. The molecule has 1 aliphatic heterocycles. The van der Waals surface area contributed by atoms with E-state index in [-0.39, 0.29) is 11.9 Å². The number of carbonyl (C=O) groups is 1. The van der Waals surface area contributed by atoms with E-state index >= 15 is 0 Å². The molecule has 0 fully saturated rings. The lowest BCUT2D eigenvalue weighted by atomic mass is 10.1. The van der Waals surface area contributed by atoms with Crippen molar-refractivity contribution in [3.05, 3.63) is 46.5 Å². The van der Waals surface area contributed by atoms with Crippen LogP contribution in [-0.2, 0) is 4.79 Å². The predicted octanol–water partition coefficient (Wildman–Crippen LogP) is 4.00. The first-order valence-corrected chi connectivity index (χ1v) is 9.58. The number of thiophene rings is 1. The summed E-state index contributed by atoms with van der Waals surface area (Å²) in [4.78, 5) is 16.1. The number of furan rings is 1. The first kappa shape index (κ1) is 17.9. The number of hydrogen-bond donors (Lipinski definition) is 0. The lowest BCUT2D eigenvalue weighted by molar-refractivity contribution is -0.133. The normalized spacial score (nSPS) is 17.6. The highest BCUT2D eigenvalue weighted by Gasteiger charge is 2.34. The van der Waals surface area contributed by atoms with Gasteiger partial charge in [-0.3, -0.25) is 9.69 Å². The molecule has 0 bridgehead atoms. The van der Waals surface area contributed by atoms with Gasteiger partial charge in [0.15, 0.2) is 0 Å². The SMILES string of the molecule is CC(C)CCN(C)CC(=O)N1N=C(c2ccco2)CC1c1cccs1. The number of hydrogen-bond acceptors (Lipinski definition) is 5. The van der Waals surface area contributed by atoms with Gasteiger partial charge in [-0.2, -0.15) is 5.10 Å². The fourth-order valence-electron chi connectivity index (χ4n) is 2.90. The predicted molar refractivity (Wildman–Crippen MR) is 101 cm³/mol. The van der Waals surface area contributed by atoms with Crippen molar-refractivity contribution in [2.24, 2.45) is 11.0 Å². The van der Waals surface area contributed by atoms with Gasteiger partial charge in [-0.15, -0.1) is 11.3 Å². The maximum absolute atomic E-state index is 12.9. The van der Waals surface area contributed by atoms with Crippen LogP contribution in [0.15, 0.2) is 45.4 Å². The van der Waals surface area contributed by atoms with Gasteiger partial charge in [0.2, 0.25) is 0 Å². The molecule has 2 aromatic heterocycles. The quantitative estimate of drug-likeness (QED) is 0.751. The Labute approximate surface area is 152 Å². The summed E-state index contributed by atoms with van der Waals surface area (Å²) in [5.41, 5.74) is 0.835. The zero-order chi connectivity index (χ0) is 17.8. The van der Waals surface area contributed by atoms with E-state index in [1.165, 1.54) is 0 Å². The van der Waals surface area contributed by atoms with Gasteiger partial charge in [-0.25, -0.2) is 5.01 Å². The van der Waals surface area contributed by atoms with Crippen molar-refractivity contribution in [1.29, 1.82) is 0 Å². The number of nitrogens with zero attached hydrogens (tertiary/aromatic N) is 3. The molecule has 1 atom stereocenters. The van der Waals surface area contributed by atoms with Gasteiger partial charge in [-0.05, 0) is 49.5 Å². The van der Waals surface area contributed by atoms with E-state index in [0.29, 0.717) is 18.9 Å². The average Bonchev–Trinajstić information content (AvgIpc) is 3.32. The smallest absolute Gasteiger partial charge is 0.257 e. The van der Waals surface area contributed by atoms with E-state index in [0.717, 1.165) is 29.3 Å². The zero-order valence-corrected chi connectivity index (χ0v) is 15.8. The summed E-state index contributed by atoms with van der Waals surface area (Å²) in [5, 5.41) is 8.29. The third-order valence-corrected chi connectivity index (χ3v) is 5.31. The fourth-order valence-corrected chi connectivity index (χ4v) is 3.71. The number of hydrazone groups is 1. The van der Waals surface area contributed by atoms with Gasteiger partial charge < -0.3 is 4.42 Å². The molecule has 3 rings (SSSR count). The van der Waals surface area contributed by atoms with Gasteiger partial charge in [0, 0.05) is 11.3 Å². The van der Waals surface area contributed by atoms with Crippen molar-refractivity contribution in [3.63, 3.8) is 0 Å². The van der Waals surface area contributed by atoms with Gasteiger partial charge in [0.05, 0.1) is 18.8 Å². The van der Waals surface area contributed by atoms with E-state index in [2.05, 4.69) is 29.9 Å². The summed E-state index contributed by atoms with van der Waals surface area (Å²) in [6, 6.07) is 7.79.